The molecular weight excluding hydrogens is 375 g/mol. The molecule has 0 saturated heterocycles. The van der Waals surface area contributed by atoms with Crippen LogP contribution in [0.2, 0.25) is 10.0 Å². The van der Waals surface area contributed by atoms with E-state index in [0.29, 0.717) is 16.5 Å². The van der Waals surface area contributed by atoms with Crippen molar-refractivity contribution in [1.29, 1.82) is 0 Å². The molecule has 0 unspecified atom stereocenters. The summed E-state index contributed by atoms with van der Waals surface area (Å²) in [5.74, 6) is 0.796. The molecule has 5 nitrogen and oxygen atoms in total. The number of benzene rings is 2. The standard InChI is InChI=1S/C19H16Cl2N2O3/c1-11(2)25-13-8-6-12(7-9-13)17-10-16(23-26-17)19(24)22-15-5-3-4-14(20)18(15)21/h3-11H,1-2H3,(H,22,24). The smallest absolute Gasteiger partial charge is 0.277 e. The second-order valence-electron chi connectivity index (χ2n) is 5.82. The zero-order valence-corrected chi connectivity index (χ0v) is 15.6. The summed E-state index contributed by atoms with van der Waals surface area (Å²) in [7, 11) is 0. The van der Waals surface area contributed by atoms with Gasteiger partial charge >= 0.3 is 0 Å². The number of carbonyl (C=O) groups excluding carboxylic acids is 1. The molecule has 0 saturated carbocycles. The van der Waals surface area contributed by atoms with E-state index in [4.69, 9.17) is 32.5 Å². The van der Waals surface area contributed by atoms with Gasteiger partial charge < -0.3 is 14.6 Å². The molecule has 134 valence electrons. The number of rotatable bonds is 5. The van der Waals surface area contributed by atoms with E-state index in [-0.39, 0.29) is 16.8 Å². The quantitative estimate of drug-likeness (QED) is 0.607. The molecule has 26 heavy (non-hydrogen) atoms. The third kappa shape index (κ3) is 4.18. The minimum absolute atomic E-state index is 0.0970. The Hall–Kier alpha value is -2.50. The third-order valence-corrected chi connectivity index (χ3v) is 4.27. The molecule has 1 heterocycles. The van der Waals surface area contributed by atoms with Crippen molar-refractivity contribution < 1.29 is 14.1 Å². The first-order valence-corrected chi connectivity index (χ1v) is 8.69. The number of halogens is 2. The molecule has 0 aliphatic rings. The van der Waals surface area contributed by atoms with Crippen LogP contribution in [0.1, 0.15) is 24.3 Å². The number of ether oxygens (including phenoxy) is 1. The van der Waals surface area contributed by atoms with Gasteiger partial charge in [0, 0.05) is 11.6 Å². The van der Waals surface area contributed by atoms with E-state index in [1.165, 1.54) is 0 Å². The zero-order valence-electron chi connectivity index (χ0n) is 14.1. The SMILES string of the molecule is CC(C)Oc1ccc(-c2cc(C(=O)Nc3cccc(Cl)c3Cl)no2)cc1. The first-order valence-electron chi connectivity index (χ1n) is 7.93. The van der Waals surface area contributed by atoms with Crippen LogP contribution in [0.4, 0.5) is 5.69 Å². The van der Waals surface area contributed by atoms with Crippen LogP contribution in [0.5, 0.6) is 5.75 Å². The number of nitrogens with one attached hydrogen (secondary N) is 1. The van der Waals surface area contributed by atoms with Crippen molar-refractivity contribution in [3.8, 4) is 17.1 Å². The van der Waals surface area contributed by atoms with Crippen molar-refractivity contribution >= 4 is 34.8 Å². The van der Waals surface area contributed by atoms with Crippen molar-refractivity contribution in [3.05, 3.63) is 64.3 Å². The molecule has 2 aromatic carbocycles. The average Bonchev–Trinajstić information content (AvgIpc) is 3.09. The maximum absolute atomic E-state index is 12.3. The van der Waals surface area contributed by atoms with Gasteiger partial charge in [-0.05, 0) is 50.2 Å². The highest BCUT2D eigenvalue weighted by Gasteiger charge is 2.16. The molecule has 0 aliphatic heterocycles. The van der Waals surface area contributed by atoms with Crippen LogP contribution >= 0.6 is 23.2 Å². The van der Waals surface area contributed by atoms with Crippen LogP contribution in [0.3, 0.4) is 0 Å². The van der Waals surface area contributed by atoms with Crippen LogP contribution < -0.4 is 10.1 Å². The summed E-state index contributed by atoms with van der Waals surface area (Å²) in [6, 6.07) is 13.9. The van der Waals surface area contributed by atoms with Crippen LogP contribution in [0, 0.1) is 0 Å². The highest BCUT2D eigenvalue weighted by molar-refractivity contribution is 6.44. The second-order valence-corrected chi connectivity index (χ2v) is 6.61. The fourth-order valence-corrected chi connectivity index (χ4v) is 2.62. The molecule has 0 fully saturated rings. The molecule has 1 amide bonds. The van der Waals surface area contributed by atoms with E-state index >= 15 is 0 Å². The molecule has 0 bridgehead atoms. The minimum Gasteiger partial charge on any atom is -0.491 e. The fourth-order valence-electron chi connectivity index (χ4n) is 2.27. The Labute approximate surface area is 160 Å². The monoisotopic (exact) mass is 390 g/mol. The number of nitrogens with zero attached hydrogens (tertiary/aromatic N) is 1. The number of carbonyl (C=O) groups is 1. The molecule has 3 rings (SSSR count). The van der Waals surface area contributed by atoms with E-state index in [1.54, 1.807) is 24.3 Å². The van der Waals surface area contributed by atoms with Gasteiger partial charge in [-0.25, -0.2) is 0 Å². The lowest BCUT2D eigenvalue weighted by atomic mass is 10.1. The number of aromatic nitrogens is 1. The Morgan fingerprint density at radius 2 is 1.88 bits per heavy atom. The predicted octanol–water partition coefficient (Wildman–Crippen LogP) is 5.69. The Morgan fingerprint density at radius 1 is 1.15 bits per heavy atom. The van der Waals surface area contributed by atoms with Gasteiger partial charge in [-0.3, -0.25) is 4.79 Å². The van der Waals surface area contributed by atoms with E-state index in [0.717, 1.165) is 11.3 Å². The number of amides is 1. The van der Waals surface area contributed by atoms with Gasteiger partial charge in [0.25, 0.3) is 5.91 Å². The second kappa shape index (κ2) is 7.81. The van der Waals surface area contributed by atoms with Gasteiger partial charge in [0.2, 0.25) is 0 Å². The minimum atomic E-state index is -0.441. The molecule has 1 aromatic heterocycles. The van der Waals surface area contributed by atoms with Gasteiger partial charge in [0.15, 0.2) is 11.5 Å². The first kappa shape index (κ1) is 18.3. The number of hydrogen-bond acceptors (Lipinski definition) is 4. The topological polar surface area (TPSA) is 64.4 Å². The lowest BCUT2D eigenvalue weighted by molar-refractivity contribution is 0.101. The van der Waals surface area contributed by atoms with Gasteiger partial charge in [0.1, 0.15) is 5.75 Å². The molecule has 0 atom stereocenters. The maximum atomic E-state index is 12.3. The van der Waals surface area contributed by atoms with Crippen LogP contribution in [-0.2, 0) is 0 Å². The van der Waals surface area contributed by atoms with Crippen molar-refractivity contribution in [3.63, 3.8) is 0 Å². The van der Waals surface area contributed by atoms with Crippen molar-refractivity contribution in [2.24, 2.45) is 0 Å². The lowest BCUT2D eigenvalue weighted by Crippen LogP contribution is -2.12. The van der Waals surface area contributed by atoms with Crippen molar-refractivity contribution in [1.82, 2.24) is 5.16 Å². The Bertz CT molecular complexity index is 921. The van der Waals surface area contributed by atoms with Crippen LogP contribution in [0.15, 0.2) is 53.1 Å². The molecule has 3 aromatic rings. The van der Waals surface area contributed by atoms with Gasteiger partial charge in [0.05, 0.1) is 21.8 Å². The summed E-state index contributed by atoms with van der Waals surface area (Å²) < 4.78 is 10.9. The molecular formula is C19H16Cl2N2O3. The number of hydrogen-bond donors (Lipinski definition) is 1. The zero-order chi connectivity index (χ0) is 18.7. The molecule has 0 radical (unpaired) electrons. The molecule has 1 N–H and O–H groups in total. The fraction of sp³-hybridized carbons (Fsp3) is 0.158. The van der Waals surface area contributed by atoms with Crippen LogP contribution in [-0.4, -0.2) is 17.2 Å². The molecule has 0 spiro atoms. The van der Waals surface area contributed by atoms with E-state index in [1.807, 2.05) is 38.1 Å². The largest absolute Gasteiger partial charge is 0.491 e. The summed E-state index contributed by atoms with van der Waals surface area (Å²) in [6.45, 7) is 3.92. The highest BCUT2D eigenvalue weighted by Crippen LogP contribution is 2.30. The highest BCUT2D eigenvalue weighted by atomic mass is 35.5. The molecule has 0 aliphatic carbocycles. The summed E-state index contributed by atoms with van der Waals surface area (Å²) in [5, 5.41) is 7.11. The summed E-state index contributed by atoms with van der Waals surface area (Å²) >= 11 is 12.0. The lowest BCUT2D eigenvalue weighted by Gasteiger charge is -2.09. The van der Waals surface area contributed by atoms with E-state index in [9.17, 15) is 4.79 Å². The number of anilines is 1. The maximum Gasteiger partial charge on any atom is 0.277 e. The predicted molar refractivity (Wildman–Crippen MR) is 102 cm³/mol. The van der Waals surface area contributed by atoms with E-state index < -0.39 is 5.91 Å². The summed E-state index contributed by atoms with van der Waals surface area (Å²) in [6.07, 6.45) is 0.0970. The average molecular weight is 391 g/mol. The Morgan fingerprint density at radius 3 is 2.58 bits per heavy atom. The molecule has 7 heteroatoms. The Kier molecular flexibility index (Phi) is 5.49. The normalized spacial score (nSPS) is 10.8. The van der Waals surface area contributed by atoms with Gasteiger partial charge in [-0.2, -0.15) is 0 Å². The summed E-state index contributed by atoms with van der Waals surface area (Å²) in [4.78, 5) is 12.3. The van der Waals surface area contributed by atoms with Gasteiger partial charge in [-0.15, -0.1) is 0 Å². The van der Waals surface area contributed by atoms with Crippen molar-refractivity contribution in [2.45, 2.75) is 20.0 Å². The Balaban J connectivity index is 1.74. The summed E-state index contributed by atoms with van der Waals surface area (Å²) in [5.41, 5.74) is 1.33. The van der Waals surface area contributed by atoms with Crippen molar-refractivity contribution in [2.75, 3.05) is 5.32 Å². The van der Waals surface area contributed by atoms with Gasteiger partial charge in [-0.1, -0.05) is 34.4 Å². The first-order chi connectivity index (χ1) is 12.4. The van der Waals surface area contributed by atoms with Crippen LogP contribution in [0.25, 0.3) is 11.3 Å². The van der Waals surface area contributed by atoms with E-state index in [2.05, 4.69) is 10.5 Å². The third-order valence-electron chi connectivity index (χ3n) is 3.45.